The first-order chi connectivity index (χ1) is 0. The van der Waals surface area contributed by atoms with E-state index in [1.54, 1.807) is 0 Å². The zero-order valence-electron chi connectivity index (χ0n) is 7.30. The van der Waals surface area contributed by atoms with E-state index in [4.69, 9.17) is 0 Å². The molecule has 0 bridgehead atoms. The van der Waals surface area contributed by atoms with Crippen LogP contribution in [0.25, 0.3) is 0 Å². The van der Waals surface area contributed by atoms with Crippen molar-refractivity contribution in [2.24, 2.45) is 0 Å². The van der Waals surface area contributed by atoms with E-state index < -0.39 is 0 Å². The number of rotatable bonds is 0. The molecule has 0 aliphatic carbocycles. The summed E-state index contributed by atoms with van der Waals surface area (Å²) in [6.45, 7) is 0. The van der Waals surface area contributed by atoms with Crippen molar-refractivity contribution in [1.82, 2.24) is 0 Å². The van der Waals surface area contributed by atoms with Crippen LogP contribution in [-0.4, -0.2) is 60.8 Å². The first-order valence-corrected chi connectivity index (χ1v) is 0. The summed E-state index contributed by atoms with van der Waals surface area (Å²) in [6.07, 6.45) is 0. The third-order valence-corrected chi connectivity index (χ3v) is 0. The Morgan fingerprint density at radius 3 is 1.17 bits per heavy atom. The van der Waals surface area contributed by atoms with Crippen molar-refractivity contribution in [3.05, 3.63) is 0 Å². The maximum atomic E-state index is 0. The van der Waals surface area contributed by atoms with Crippen molar-refractivity contribution in [3.8, 4) is 0 Å². The molecule has 0 atom stereocenters. The minimum atomic E-state index is 0. The monoisotopic (exact) mass is 348 g/mol. The van der Waals surface area contributed by atoms with E-state index in [9.17, 15) is 0 Å². The summed E-state index contributed by atoms with van der Waals surface area (Å²) in [5.74, 6) is 0. The Labute approximate surface area is 146 Å². The van der Waals surface area contributed by atoms with Gasteiger partial charge in [-0.25, -0.2) is 0 Å². The van der Waals surface area contributed by atoms with Gasteiger partial charge in [0.1, 0.15) is 0 Å². The molecular weight excluding hydrogens is 343 g/mol. The van der Waals surface area contributed by atoms with E-state index in [0.29, 0.717) is 0 Å². The molecule has 0 N–H and O–H groups in total. The van der Waals surface area contributed by atoms with E-state index >= 15 is 0 Å². The zero-order chi connectivity index (χ0) is 0. The smallest absolute Gasteiger partial charge is 1.00 e. The molecule has 32 valence electrons. The maximum absolute atomic E-state index is 0. The largest absolute Gasteiger partial charge is 2.00 e. The van der Waals surface area contributed by atoms with Gasteiger partial charge in [-0.2, -0.15) is 0 Å². The Kier molecular flexibility index (Phi) is 252. The first kappa shape index (κ1) is 45.6. The third kappa shape index (κ3) is 23.3. The molecule has 0 saturated carbocycles. The quantitative estimate of drug-likeness (QED) is 0.527. The molecule has 0 rings (SSSR count). The van der Waals surface area contributed by atoms with Gasteiger partial charge < -0.3 is 5.71 Å². The molecule has 0 heterocycles. The van der Waals surface area contributed by atoms with Crippen molar-refractivity contribution in [2.75, 3.05) is 0 Å². The SMILES string of the molecule is [Ca+2].[Cd].[Cu].[H-].[H-].[H-].[H-].[Mg+2].[Mn].[Ti]. The molecule has 0 saturated heterocycles. The predicted molar refractivity (Wildman–Crippen MR) is 16.0 cm³/mol. The summed E-state index contributed by atoms with van der Waals surface area (Å²) in [4.78, 5) is 0. The minimum Gasteiger partial charge on any atom is -1.00 e. The van der Waals surface area contributed by atoms with Crippen molar-refractivity contribution in [2.45, 2.75) is 0 Å². The Balaban J connectivity index is 0. The van der Waals surface area contributed by atoms with Crippen LogP contribution < -0.4 is 0 Å². The summed E-state index contributed by atoms with van der Waals surface area (Å²) in [6, 6.07) is 0. The molecule has 6 heavy (non-hydrogen) atoms. The van der Waals surface area contributed by atoms with E-state index in [2.05, 4.69) is 0 Å². The second-order valence-electron chi connectivity index (χ2n) is 0. The summed E-state index contributed by atoms with van der Waals surface area (Å²) in [5.41, 5.74) is 0. The molecule has 0 aromatic heterocycles. The van der Waals surface area contributed by atoms with Gasteiger partial charge in [-0.15, -0.1) is 0 Å². The molecule has 0 aromatic carbocycles. The van der Waals surface area contributed by atoms with Crippen LogP contribution in [0, 0.1) is 0 Å². The van der Waals surface area contributed by atoms with Crippen molar-refractivity contribution < 1.29 is 88.9 Å². The number of hydrogen-bond donors (Lipinski definition) is 0. The topological polar surface area (TPSA) is 0 Å². The van der Waals surface area contributed by atoms with Crippen LogP contribution in [0.5, 0.6) is 0 Å². The molecular formula is H4CaCdCuMgMnTi. The van der Waals surface area contributed by atoms with Crippen LogP contribution in [0.1, 0.15) is 5.71 Å². The first-order valence-electron chi connectivity index (χ1n) is 0. The van der Waals surface area contributed by atoms with E-state index in [1.165, 1.54) is 0 Å². The Morgan fingerprint density at radius 2 is 1.17 bits per heavy atom. The van der Waals surface area contributed by atoms with Gasteiger partial charge in [0, 0.05) is 83.2 Å². The summed E-state index contributed by atoms with van der Waals surface area (Å²) in [5, 5.41) is 0. The van der Waals surface area contributed by atoms with Gasteiger partial charge in [-0.3, -0.25) is 0 Å². The van der Waals surface area contributed by atoms with Crippen molar-refractivity contribution in [3.63, 3.8) is 0 Å². The summed E-state index contributed by atoms with van der Waals surface area (Å²) < 4.78 is 0. The molecule has 0 aromatic rings. The third-order valence-electron chi connectivity index (χ3n) is 0. The molecule has 0 fully saturated rings. The van der Waals surface area contributed by atoms with Crippen LogP contribution >= 0.6 is 0 Å². The van der Waals surface area contributed by atoms with Gasteiger partial charge in [0.05, 0.1) is 0 Å². The fourth-order valence-corrected chi connectivity index (χ4v) is 0. The van der Waals surface area contributed by atoms with E-state index in [-0.39, 0.29) is 150 Å². The molecule has 0 spiro atoms. The second kappa shape index (κ2) is 33.2. The second-order valence-corrected chi connectivity index (χ2v) is 0. The van der Waals surface area contributed by atoms with Gasteiger partial charge in [0.15, 0.2) is 0 Å². The zero-order valence-corrected chi connectivity index (χ0v) is 14.6. The molecule has 0 aliphatic rings. The summed E-state index contributed by atoms with van der Waals surface area (Å²) >= 11 is 0. The maximum Gasteiger partial charge on any atom is 2.00 e. The number of hydrogen-bond acceptors (Lipinski definition) is 0. The van der Waals surface area contributed by atoms with Crippen LogP contribution in [-0.2, 0) is 83.2 Å². The molecule has 2 radical (unpaired) electrons. The fraction of sp³-hybridized carbons (Fsp3) is 0. The standard InChI is InChI=1S/Ca.Cd.Cu.Mg.Mn.Ti.4H/q+2;;;+2;;;4*-1. The van der Waals surface area contributed by atoms with Gasteiger partial charge in [0.2, 0.25) is 0 Å². The Morgan fingerprint density at radius 1 is 1.17 bits per heavy atom. The van der Waals surface area contributed by atoms with Crippen molar-refractivity contribution >= 4 is 60.8 Å². The molecule has 0 amide bonds. The van der Waals surface area contributed by atoms with Gasteiger partial charge in [-0.05, 0) is 0 Å². The average molecular weight is 347 g/mol. The van der Waals surface area contributed by atoms with Crippen LogP contribution in [0.3, 0.4) is 0 Å². The molecule has 6 heteroatoms. The van der Waals surface area contributed by atoms with Gasteiger partial charge >= 0.3 is 60.8 Å². The van der Waals surface area contributed by atoms with E-state index in [1.807, 2.05) is 0 Å². The Hall–Kier alpha value is 4.70. The normalized spacial score (nSPS) is 0. The van der Waals surface area contributed by atoms with Crippen molar-refractivity contribution in [1.29, 1.82) is 0 Å². The minimum absolute atomic E-state index is 0. The molecule has 0 nitrogen and oxygen atoms in total. The molecule has 0 unspecified atom stereocenters. The van der Waals surface area contributed by atoms with Crippen LogP contribution in [0.2, 0.25) is 0 Å². The van der Waals surface area contributed by atoms with Gasteiger partial charge in [0.25, 0.3) is 0 Å². The van der Waals surface area contributed by atoms with E-state index in [0.717, 1.165) is 0 Å². The average Bonchev–Trinajstić information content (AvgIpc) is 0. The van der Waals surface area contributed by atoms with Crippen LogP contribution in [0.4, 0.5) is 0 Å². The summed E-state index contributed by atoms with van der Waals surface area (Å²) in [7, 11) is 0. The van der Waals surface area contributed by atoms with Crippen LogP contribution in [0.15, 0.2) is 0 Å². The van der Waals surface area contributed by atoms with Gasteiger partial charge in [-0.1, -0.05) is 0 Å². The molecule has 0 aliphatic heterocycles. The predicted octanol–water partition coefficient (Wildman–Crippen LogP) is -0.322. The Bertz CT molecular complexity index is 25.2. The fourth-order valence-electron chi connectivity index (χ4n) is 0.